The summed E-state index contributed by atoms with van der Waals surface area (Å²) in [5.41, 5.74) is 4.16. The predicted octanol–water partition coefficient (Wildman–Crippen LogP) is 9.90. The molecule has 6 heteroatoms. The minimum atomic E-state index is -2.99. The summed E-state index contributed by atoms with van der Waals surface area (Å²) in [6.07, 6.45) is 6.34. The molecule has 3 aliphatic carbocycles. The molecule has 0 radical (unpaired) electrons. The zero-order valence-electron chi connectivity index (χ0n) is 28.5. The van der Waals surface area contributed by atoms with Gasteiger partial charge in [-0.25, -0.2) is 0 Å². The first-order valence-corrected chi connectivity index (χ1v) is 19.2. The van der Waals surface area contributed by atoms with Crippen molar-refractivity contribution in [3.63, 3.8) is 0 Å². The van der Waals surface area contributed by atoms with E-state index in [9.17, 15) is 4.79 Å². The van der Waals surface area contributed by atoms with Crippen LogP contribution in [0.3, 0.4) is 0 Å². The van der Waals surface area contributed by atoms with Gasteiger partial charge < -0.3 is 13.6 Å². The first kappa shape index (κ1) is 32.7. The fraction of sp³-hybridized carbons (Fsp3) is 0.513. The van der Waals surface area contributed by atoms with E-state index in [2.05, 4.69) is 122 Å². The summed E-state index contributed by atoms with van der Waals surface area (Å²) in [5.74, 6) is 0.162. The van der Waals surface area contributed by atoms with Gasteiger partial charge in [-0.2, -0.15) is 0 Å². The second-order valence-electron chi connectivity index (χ2n) is 15.8. The van der Waals surface area contributed by atoms with E-state index in [-0.39, 0.29) is 33.3 Å². The van der Waals surface area contributed by atoms with Crippen LogP contribution in [0.1, 0.15) is 87.1 Å². The zero-order chi connectivity index (χ0) is 32.4. The molecule has 1 heterocycles. The number of Topliss-reactive ketones (excluding diaryl/α,β-unsaturated/α-hetero) is 1. The van der Waals surface area contributed by atoms with Crippen LogP contribution in [0.2, 0.25) is 10.1 Å². The van der Waals surface area contributed by atoms with Gasteiger partial charge in [0.2, 0.25) is 0 Å². The quantitative estimate of drug-likeness (QED) is 0.304. The Balaban J connectivity index is 1.62. The van der Waals surface area contributed by atoms with Gasteiger partial charge in [-0.1, -0.05) is 116 Å². The molecule has 45 heavy (non-hydrogen) atoms. The molecule has 6 rings (SSSR count). The fourth-order valence-electron chi connectivity index (χ4n) is 8.56. The normalized spacial score (nSPS) is 29.3. The van der Waals surface area contributed by atoms with Gasteiger partial charge in [-0.3, -0.25) is 4.79 Å². The van der Waals surface area contributed by atoms with Crippen molar-refractivity contribution >= 4 is 26.1 Å². The van der Waals surface area contributed by atoms with Gasteiger partial charge in [0, 0.05) is 26.8 Å². The lowest BCUT2D eigenvalue weighted by Crippen LogP contribution is -2.63. The van der Waals surface area contributed by atoms with Crippen molar-refractivity contribution in [3.8, 4) is 0 Å². The van der Waals surface area contributed by atoms with Crippen LogP contribution >= 0.6 is 11.8 Å². The lowest BCUT2D eigenvalue weighted by Gasteiger charge is -2.56. The van der Waals surface area contributed by atoms with Crippen LogP contribution in [-0.2, 0) is 25.0 Å². The maximum atomic E-state index is 14.4. The smallest absolute Gasteiger partial charge is 0.350 e. The van der Waals surface area contributed by atoms with Gasteiger partial charge in [0.05, 0.1) is 18.0 Å². The average Bonchev–Trinajstić information content (AvgIpc) is 3.35. The van der Waals surface area contributed by atoms with Crippen LogP contribution in [0.25, 0.3) is 0 Å². The summed E-state index contributed by atoms with van der Waals surface area (Å²) in [4.78, 5) is 15.6. The molecule has 0 aromatic heterocycles. The summed E-state index contributed by atoms with van der Waals surface area (Å²) < 4.78 is 22.5. The van der Waals surface area contributed by atoms with Crippen LogP contribution in [0.15, 0.2) is 100 Å². The van der Waals surface area contributed by atoms with Crippen molar-refractivity contribution < 1.29 is 18.4 Å². The van der Waals surface area contributed by atoms with Crippen molar-refractivity contribution in [1.29, 1.82) is 0 Å². The molecule has 1 aliphatic heterocycles. The number of fused-ring (bicyclic) bond motifs is 3. The molecule has 1 saturated heterocycles. The number of hydrogen-bond acceptors (Lipinski definition) is 5. The SMILES string of the molecule is CC1=C2[C@@H](Sc3ccccc3)[C@H](OCc3ccccc3)C3=CCCC=C3[C@@H]3O[Si](C(C)(C)C)(C(C)(C)C)O[C@@]3(CC1=O)C2(C)C. The molecule has 1 saturated carbocycles. The van der Waals surface area contributed by atoms with Crippen molar-refractivity contribution in [3.05, 3.63) is 101 Å². The highest BCUT2D eigenvalue weighted by molar-refractivity contribution is 8.00. The number of ketones is 1. The van der Waals surface area contributed by atoms with Gasteiger partial charge in [-0.05, 0) is 59.8 Å². The predicted molar refractivity (Wildman–Crippen MR) is 186 cm³/mol. The van der Waals surface area contributed by atoms with E-state index in [0.29, 0.717) is 13.0 Å². The highest BCUT2D eigenvalue weighted by Gasteiger charge is 2.75. The Labute approximate surface area is 276 Å². The van der Waals surface area contributed by atoms with Crippen LogP contribution in [0, 0.1) is 5.41 Å². The lowest BCUT2D eigenvalue weighted by molar-refractivity contribution is -0.128. The van der Waals surface area contributed by atoms with Crippen molar-refractivity contribution in [2.75, 3.05) is 0 Å². The van der Waals surface area contributed by atoms with E-state index in [1.165, 1.54) is 11.1 Å². The average molecular weight is 643 g/mol. The van der Waals surface area contributed by atoms with Gasteiger partial charge >= 0.3 is 8.56 Å². The Morgan fingerprint density at radius 3 is 2.07 bits per heavy atom. The Kier molecular flexibility index (Phi) is 8.35. The van der Waals surface area contributed by atoms with Crippen LogP contribution in [0.5, 0.6) is 0 Å². The largest absolute Gasteiger partial charge is 0.383 e. The highest BCUT2D eigenvalue weighted by Crippen LogP contribution is 2.68. The molecule has 2 bridgehead atoms. The van der Waals surface area contributed by atoms with E-state index >= 15 is 0 Å². The van der Waals surface area contributed by atoms with E-state index in [4.69, 9.17) is 13.6 Å². The zero-order valence-corrected chi connectivity index (χ0v) is 30.3. The van der Waals surface area contributed by atoms with E-state index < -0.39 is 19.6 Å². The number of rotatable bonds is 5. The molecule has 4 atom stereocenters. The number of benzene rings is 2. The Morgan fingerprint density at radius 1 is 0.889 bits per heavy atom. The standard InChI is InChI=1S/C39H50O4SSi/c1-26-31(40)24-39-35(42-45(43-39,36(2,3)4)37(5,6)7)30-23-17-16-22-29(30)33(41-25-27-18-12-10-13-19-27)34(32(26)38(39,8)9)44-28-20-14-11-15-21-28/h10-15,18-23,33-35H,16-17,24-25H2,1-9H3/t33-,34-,35+,39-/m1/s1. The molecular formula is C39H50O4SSi. The van der Waals surface area contributed by atoms with E-state index in [1.54, 1.807) is 0 Å². The number of hydrogen-bond donors (Lipinski definition) is 0. The second-order valence-corrected chi connectivity index (χ2v) is 21.7. The Morgan fingerprint density at radius 2 is 1.47 bits per heavy atom. The first-order valence-electron chi connectivity index (χ1n) is 16.5. The molecule has 2 aromatic rings. The molecule has 4 nitrogen and oxygen atoms in total. The maximum absolute atomic E-state index is 14.4. The summed E-state index contributed by atoms with van der Waals surface area (Å²) >= 11 is 1.82. The molecule has 0 unspecified atom stereocenters. The van der Waals surface area contributed by atoms with Crippen molar-refractivity contribution in [2.24, 2.45) is 5.41 Å². The van der Waals surface area contributed by atoms with Crippen molar-refractivity contribution in [1.82, 2.24) is 0 Å². The van der Waals surface area contributed by atoms with E-state index in [1.807, 2.05) is 24.8 Å². The van der Waals surface area contributed by atoms with Gasteiger partial charge in [0.15, 0.2) is 5.78 Å². The molecule has 4 aliphatic rings. The number of ether oxygens (including phenoxy) is 1. The molecule has 1 spiro atoms. The van der Waals surface area contributed by atoms with Crippen LogP contribution < -0.4 is 0 Å². The molecule has 2 fully saturated rings. The molecule has 0 amide bonds. The van der Waals surface area contributed by atoms with Gasteiger partial charge in [0.25, 0.3) is 0 Å². The topological polar surface area (TPSA) is 44.8 Å². The minimum Gasteiger partial charge on any atom is -0.383 e. The highest BCUT2D eigenvalue weighted by atomic mass is 32.2. The summed E-state index contributed by atoms with van der Waals surface area (Å²) in [6.45, 7) is 20.8. The summed E-state index contributed by atoms with van der Waals surface area (Å²) in [5, 5.41) is -0.584. The van der Waals surface area contributed by atoms with Crippen LogP contribution in [-0.4, -0.2) is 37.4 Å². The molecular weight excluding hydrogens is 593 g/mol. The number of thioether (sulfide) groups is 1. The first-order chi connectivity index (χ1) is 21.1. The molecule has 0 N–H and O–H groups in total. The third-order valence-electron chi connectivity index (χ3n) is 10.6. The monoisotopic (exact) mass is 642 g/mol. The van der Waals surface area contributed by atoms with Gasteiger partial charge in [-0.15, -0.1) is 11.8 Å². The number of allylic oxidation sites excluding steroid dienone is 3. The third-order valence-corrected chi connectivity index (χ3v) is 17.1. The van der Waals surface area contributed by atoms with Crippen molar-refractivity contribution in [2.45, 2.75) is 126 Å². The summed E-state index contributed by atoms with van der Waals surface area (Å²) in [7, 11) is -2.99. The van der Waals surface area contributed by atoms with Crippen LogP contribution in [0.4, 0.5) is 0 Å². The fourth-order valence-corrected chi connectivity index (χ4v) is 15.3. The maximum Gasteiger partial charge on any atom is 0.350 e. The number of carbonyl (C=O) groups excluding carboxylic acids is 1. The Hall–Kier alpha value is -2.22. The van der Waals surface area contributed by atoms with E-state index in [0.717, 1.165) is 34.4 Å². The minimum absolute atomic E-state index is 0.134. The molecule has 240 valence electrons. The second kappa shape index (κ2) is 11.5. The number of carbonyl (C=O) groups is 1. The third kappa shape index (κ3) is 5.20. The van der Waals surface area contributed by atoms with Gasteiger partial charge in [0.1, 0.15) is 11.7 Å². The Bertz CT molecular complexity index is 1530. The summed E-state index contributed by atoms with van der Waals surface area (Å²) in [6, 6.07) is 21.0. The molecule has 2 aromatic carbocycles. The lowest BCUT2D eigenvalue weighted by atomic mass is 9.55.